The number of benzene rings is 2. The molecule has 168 valence electrons. The van der Waals surface area contributed by atoms with Crippen LogP contribution in [0.15, 0.2) is 47.6 Å². The summed E-state index contributed by atoms with van der Waals surface area (Å²) in [4.78, 5) is 7.37. The molecule has 2 aromatic rings. The molecule has 3 rings (SSSR count). The third-order valence-corrected chi connectivity index (χ3v) is 4.87. The van der Waals surface area contributed by atoms with Crippen molar-refractivity contribution in [2.24, 2.45) is 5.16 Å². The number of rotatable bonds is 10. The number of hydrogen-bond acceptors (Lipinski definition) is 5. The lowest BCUT2D eigenvalue weighted by Crippen LogP contribution is -2.39. The molecule has 1 N–H and O–H groups in total. The zero-order valence-electron chi connectivity index (χ0n) is 17.6. The van der Waals surface area contributed by atoms with Crippen LogP contribution in [0.5, 0.6) is 0 Å². The number of oxime groups is 1. The van der Waals surface area contributed by atoms with Crippen LogP contribution in [0.3, 0.4) is 0 Å². The summed E-state index contributed by atoms with van der Waals surface area (Å²) in [6.07, 6.45) is -0.638. The van der Waals surface area contributed by atoms with E-state index in [0.717, 1.165) is 11.6 Å². The molecule has 5 nitrogen and oxygen atoms in total. The molecule has 0 fully saturated rings. The Morgan fingerprint density at radius 1 is 1.13 bits per heavy atom. The van der Waals surface area contributed by atoms with Crippen LogP contribution in [-0.2, 0) is 16.1 Å². The molecule has 0 spiro atoms. The second-order valence-electron chi connectivity index (χ2n) is 7.94. The summed E-state index contributed by atoms with van der Waals surface area (Å²) in [5.74, 6) is -1.62. The highest BCUT2D eigenvalue weighted by Crippen LogP contribution is 2.20. The molecule has 0 aromatic heterocycles. The first-order chi connectivity index (χ1) is 14.8. The third kappa shape index (κ3) is 7.05. The van der Waals surface area contributed by atoms with Crippen LogP contribution in [0.2, 0.25) is 0 Å². The van der Waals surface area contributed by atoms with Crippen LogP contribution in [-0.4, -0.2) is 53.7 Å². The van der Waals surface area contributed by atoms with Crippen molar-refractivity contribution in [2.75, 3.05) is 19.7 Å². The van der Waals surface area contributed by atoms with Crippen molar-refractivity contribution in [2.45, 2.75) is 45.1 Å². The highest BCUT2D eigenvalue weighted by molar-refractivity contribution is 6.01. The molecule has 0 radical (unpaired) electrons. The Morgan fingerprint density at radius 2 is 1.84 bits per heavy atom. The number of halogens is 3. The molecule has 0 unspecified atom stereocenters. The van der Waals surface area contributed by atoms with E-state index in [0.29, 0.717) is 24.2 Å². The van der Waals surface area contributed by atoms with E-state index in [1.165, 1.54) is 24.3 Å². The van der Waals surface area contributed by atoms with E-state index in [2.05, 4.69) is 5.16 Å². The van der Waals surface area contributed by atoms with Crippen molar-refractivity contribution < 1.29 is 27.9 Å². The Hall–Kier alpha value is -2.42. The first kappa shape index (κ1) is 23.2. The van der Waals surface area contributed by atoms with Crippen LogP contribution >= 0.6 is 0 Å². The van der Waals surface area contributed by atoms with Crippen molar-refractivity contribution >= 4 is 5.71 Å². The van der Waals surface area contributed by atoms with E-state index in [9.17, 15) is 18.3 Å². The topological polar surface area (TPSA) is 54.3 Å². The lowest BCUT2D eigenvalue weighted by atomic mass is 10.0. The highest BCUT2D eigenvalue weighted by Gasteiger charge is 2.26. The second kappa shape index (κ2) is 10.7. The van der Waals surface area contributed by atoms with Gasteiger partial charge in [0.05, 0.1) is 24.5 Å². The summed E-state index contributed by atoms with van der Waals surface area (Å²) < 4.78 is 46.1. The Morgan fingerprint density at radius 3 is 2.52 bits per heavy atom. The number of ether oxygens (including phenoxy) is 1. The van der Waals surface area contributed by atoms with E-state index in [1.807, 2.05) is 18.7 Å². The summed E-state index contributed by atoms with van der Waals surface area (Å²) in [6.45, 7) is 4.64. The van der Waals surface area contributed by atoms with Crippen LogP contribution < -0.4 is 0 Å². The van der Waals surface area contributed by atoms with Gasteiger partial charge in [-0.05, 0) is 37.6 Å². The first-order valence-electron chi connectivity index (χ1n) is 10.2. The molecule has 0 aliphatic carbocycles. The summed E-state index contributed by atoms with van der Waals surface area (Å²) in [5.41, 5.74) is 1.78. The van der Waals surface area contributed by atoms with Crippen LogP contribution in [0.4, 0.5) is 13.2 Å². The van der Waals surface area contributed by atoms with Crippen molar-refractivity contribution in [3.8, 4) is 0 Å². The number of hydrogen-bond donors (Lipinski definition) is 1. The largest absolute Gasteiger partial charge is 0.390 e. The molecule has 2 aromatic carbocycles. The van der Waals surface area contributed by atoms with E-state index in [-0.39, 0.29) is 37.7 Å². The maximum atomic E-state index is 14.2. The molecule has 1 aliphatic rings. The molecule has 0 amide bonds. The van der Waals surface area contributed by atoms with Crippen LogP contribution in [0, 0.1) is 17.5 Å². The third-order valence-electron chi connectivity index (χ3n) is 4.87. The van der Waals surface area contributed by atoms with Gasteiger partial charge >= 0.3 is 0 Å². The molecular formula is C23H27F3N2O3. The average molecular weight is 436 g/mol. The van der Waals surface area contributed by atoms with Crippen molar-refractivity contribution in [3.05, 3.63) is 71.0 Å². The number of nitrogens with zero attached hydrogens (tertiary/aromatic N) is 2. The van der Waals surface area contributed by atoms with Gasteiger partial charge in [-0.1, -0.05) is 23.4 Å². The average Bonchev–Trinajstić information content (AvgIpc) is 3.17. The lowest BCUT2D eigenvalue weighted by molar-refractivity contribution is -0.0196. The predicted octanol–water partition coefficient (Wildman–Crippen LogP) is 3.89. The quantitative estimate of drug-likeness (QED) is 0.614. The van der Waals surface area contributed by atoms with Gasteiger partial charge in [0.25, 0.3) is 0 Å². The van der Waals surface area contributed by atoms with E-state index >= 15 is 0 Å². The van der Waals surface area contributed by atoms with E-state index < -0.39 is 17.7 Å². The predicted molar refractivity (Wildman–Crippen MR) is 111 cm³/mol. The zero-order valence-corrected chi connectivity index (χ0v) is 17.6. The summed E-state index contributed by atoms with van der Waals surface area (Å²) in [6, 6.07) is 9.44. The number of aliphatic hydroxyl groups is 1. The fourth-order valence-electron chi connectivity index (χ4n) is 3.38. The van der Waals surface area contributed by atoms with Crippen LogP contribution in [0.1, 0.15) is 31.4 Å². The molecule has 0 bridgehead atoms. The molecular weight excluding hydrogens is 409 g/mol. The minimum atomic E-state index is -0.787. The lowest BCUT2D eigenvalue weighted by Gasteiger charge is -2.27. The maximum absolute atomic E-state index is 14.2. The molecule has 0 saturated carbocycles. The summed E-state index contributed by atoms with van der Waals surface area (Å²) in [7, 11) is 0. The maximum Gasteiger partial charge on any atom is 0.145 e. The minimum absolute atomic E-state index is 0.0255. The highest BCUT2D eigenvalue weighted by atomic mass is 19.1. The molecule has 1 aliphatic heterocycles. The van der Waals surface area contributed by atoms with Gasteiger partial charge in [-0.3, -0.25) is 4.90 Å². The Kier molecular flexibility index (Phi) is 8.06. The fraction of sp³-hybridized carbons (Fsp3) is 0.435. The fourth-order valence-corrected chi connectivity index (χ4v) is 3.38. The minimum Gasteiger partial charge on any atom is -0.390 e. The van der Waals surface area contributed by atoms with Gasteiger partial charge in [-0.15, -0.1) is 0 Å². The van der Waals surface area contributed by atoms with Crippen molar-refractivity contribution in [1.82, 2.24) is 4.90 Å². The molecule has 8 heteroatoms. The van der Waals surface area contributed by atoms with Gasteiger partial charge in [-0.25, -0.2) is 13.2 Å². The van der Waals surface area contributed by atoms with Gasteiger partial charge in [0.2, 0.25) is 0 Å². The van der Waals surface area contributed by atoms with E-state index in [4.69, 9.17) is 9.57 Å². The van der Waals surface area contributed by atoms with Crippen molar-refractivity contribution in [1.29, 1.82) is 0 Å². The van der Waals surface area contributed by atoms with E-state index in [1.54, 1.807) is 12.1 Å². The first-order valence-corrected chi connectivity index (χ1v) is 10.2. The molecule has 2 atom stereocenters. The smallest absolute Gasteiger partial charge is 0.145 e. The monoisotopic (exact) mass is 436 g/mol. The zero-order chi connectivity index (χ0) is 22.4. The van der Waals surface area contributed by atoms with Gasteiger partial charge in [0.15, 0.2) is 0 Å². The Balaban J connectivity index is 1.65. The molecule has 0 saturated heterocycles. The van der Waals surface area contributed by atoms with Gasteiger partial charge in [0, 0.05) is 37.7 Å². The Bertz CT molecular complexity index is 890. The SMILES string of the molecule is CC(C)OC[C@H](O)CN(Cc1ccc(F)cc1F)C[C@H]1CC(c2ccc(F)cc2)=NO1. The summed E-state index contributed by atoms with van der Waals surface area (Å²) >= 11 is 0. The van der Waals surface area contributed by atoms with Gasteiger partial charge < -0.3 is 14.7 Å². The number of aliphatic hydroxyl groups excluding tert-OH is 1. The standard InChI is InChI=1S/C23H27F3N2O3/c1-15(2)30-14-20(29)12-28(11-17-5-8-19(25)9-22(17)26)13-21-10-23(27-31-21)16-3-6-18(24)7-4-16/h3-9,15,20-21,29H,10-14H2,1-2H3/t20-,21-/m1/s1. The molecule has 1 heterocycles. The Labute approximate surface area is 180 Å². The van der Waals surface area contributed by atoms with Gasteiger partial charge in [0.1, 0.15) is 23.6 Å². The van der Waals surface area contributed by atoms with Gasteiger partial charge in [-0.2, -0.15) is 0 Å². The van der Waals surface area contributed by atoms with Crippen LogP contribution in [0.25, 0.3) is 0 Å². The van der Waals surface area contributed by atoms with Crippen molar-refractivity contribution in [3.63, 3.8) is 0 Å². The normalized spacial score (nSPS) is 17.2. The molecule has 31 heavy (non-hydrogen) atoms. The summed E-state index contributed by atoms with van der Waals surface area (Å²) in [5, 5.41) is 14.5. The second-order valence-corrected chi connectivity index (χ2v) is 7.94.